The highest BCUT2D eigenvalue weighted by Crippen LogP contribution is 2.41. The van der Waals surface area contributed by atoms with Gasteiger partial charge in [-0.1, -0.05) is 18.2 Å². The Kier molecular flexibility index (Phi) is 6.01. The van der Waals surface area contributed by atoms with Crippen LogP contribution in [-0.4, -0.2) is 49.9 Å². The number of halogens is 4. The normalized spacial score (nSPS) is 16.4. The fourth-order valence-corrected chi connectivity index (χ4v) is 4.98. The van der Waals surface area contributed by atoms with Crippen LogP contribution in [-0.2, 0) is 19.3 Å². The number of benzene rings is 1. The van der Waals surface area contributed by atoms with E-state index in [1.54, 1.807) is 28.0 Å². The molecule has 2 amide bonds. The van der Waals surface area contributed by atoms with Gasteiger partial charge in [-0.2, -0.15) is 18.3 Å². The first-order valence-electron chi connectivity index (χ1n) is 11.6. The molecule has 1 saturated heterocycles. The number of aromatic amines is 1. The van der Waals surface area contributed by atoms with E-state index in [-0.39, 0.29) is 67.7 Å². The number of hydrogen-bond acceptors (Lipinski definition) is 4. The smallest absolute Gasteiger partial charge is 0.337 e. The molecule has 1 aromatic carbocycles. The van der Waals surface area contributed by atoms with Gasteiger partial charge in [0.15, 0.2) is 5.69 Å². The highest BCUT2D eigenvalue weighted by Gasteiger charge is 2.40. The van der Waals surface area contributed by atoms with Crippen molar-refractivity contribution >= 4 is 11.8 Å². The number of amides is 2. The molecule has 0 atom stereocenters. The summed E-state index contributed by atoms with van der Waals surface area (Å²) in [7, 11) is 0. The number of nitrogens with one attached hydrogen (secondary N) is 1. The van der Waals surface area contributed by atoms with E-state index in [0.717, 1.165) is 0 Å². The Morgan fingerprint density at radius 2 is 1.78 bits per heavy atom. The second-order valence-corrected chi connectivity index (χ2v) is 9.13. The van der Waals surface area contributed by atoms with Crippen LogP contribution in [0.25, 0.3) is 0 Å². The van der Waals surface area contributed by atoms with Crippen molar-refractivity contribution in [2.75, 3.05) is 13.1 Å². The van der Waals surface area contributed by atoms with Crippen molar-refractivity contribution in [1.29, 1.82) is 0 Å². The number of hydrogen-bond donors (Lipinski definition) is 1. The summed E-state index contributed by atoms with van der Waals surface area (Å²) >= 11 is 0. The summed E-state index contributed by atoms with van der Waals surface area (Å²) in [4.78, 5) is 33.2. The Labute approximate surface area is 204 Å². The maximum Gasteiger partial charge on any atom is 0.419 e. The molecule has 7 nitrogen and oxygen atoms in total. The SMILES string of the molecule is Cc1ccc(C2CCN(C(=O)c3n[nH]c4c3CN(C(=O)c3ccccn3)C4)CC2)c(C(F)(F)F)c1F. The van der Waals surface area contributed by atoms with Crippen LogP contribution in [0.3, 0.4) is 0 Å². The minimum Gasteiger partial charge on any atom is -0.337 e. The molecule has 0 saturated carbocycles. The first-order chi connectivity index (χ1) is 17.1. The van der Waals surface area contributed by atoms with Gasteiger partial charge in [0.05, 0.1) is 24.3 Å². The summed E-state index contributed by atoms with van der Waals surface area (Å²) < 4.78 is 55.2. The minimum atomic E-state index is -4.80. The molecular weight excluding hydrogens is 478 g/mol. The van der Waals surface area contributed by atoms with Crippen molar-refractivity contribution in [3.63, 3.8) is 0 Å². The van der Waals surface area contributed by atoms with E-state index < -0.39 is 23.5 Å². The third-order valence-electron chi connectivity index (χ3n) is 6.90. The average molecular weight is 501 g/mol. The first kappa shape index (κ1) is 24.0. The lowest BCUT2D eigenvalue weighted by Gasteiger charge is -2.33. The Balaban J connectivity index is 1.28. The van der Waals surface area contributed by atoms with Gasteiger partial charge in [-0.05, 0) is 48.9 Å². The van der Waals surface area contributed by atoms with Gasteiger partial charge in [0.25, 0.3) is 11.8 Å². The highest BCUT2D eigenvalue weighted by molar-refractivity contribution is 5.96. The van der Waals surface area contributed by atoms with E-state index in [2.05, 4.69) is 15.2 Å². The molecule has 0 spiro atoms. The summed E-state index contributed by atoms with van der Waals surface area (Å²) in [6.45, 7) is 2.22. The van der Waals surface area contributed by atoms with E-state index in [1.165, 1.54) is 25.3 Å². The van der Waals surface area contributed by atoms with Gasteiger partial charge in [0.2, 0.25) is 0 Å². The second-order valence-electron chi connectivity index (χ2n) is 9.13. The summed E-state index contributed by atoms with van der Waals surface area (Å²) in [5.74, 6) is -2.36. The zero-order chi connectivity index (χ0) is 25.6. The number of alkyl halides is 3. The molecule has 36 heavy (non-hydrogen) atoms. The van der Waals surface area contributed by atoms with Gasteiger partial charge in [0.1, 0.15) is 11.5 Å². The lowest BCUT2D eigenvalue weighted by Crippen LogP contribution is -2.39. The topological polar surface area (TPSA) is 82.2 Å². The van der Waals surface area contributed by atoms with Crippen LogP contribution >= 0.6 is 0 Å². The van der Waals surface area contributed by atoms with Crippen LogP contribution in [0.15, 0.2) is 36.5 Å². The number of piperidine rings is 1. The number of nitrogens with zero attached hydrogens (tertiary/aromatic N) is 4. The van der Waals surface area contributed by atoms with E-state index in [9.17, 15) is 27.2 Å². The zero-order valence-corrected chi connectivity index (χ0v) is 19.4. The Bertz CT molecular complexity index is 1310. The Morgan fingerprint density at radius 3 is 2.44 bits per heavy atom. The van der Waals surface area contributed by atoms with Gasteiger partial charge >= 0.3 is 6.18 Å². The average Bonchev–Trinajstić information content (AvgIpc) is 3.46. The number of fused-ring (bicyclic) bond motifs is 1. The second kappa shape index (κ2) is 9.03. The fourth-order valence-electron chi connectivity index (χ4n) is 4.98. The van der Waals surface area contributed by atoms with Gasteiger partial charge in [-0.3, -0.25) is 19.7 Å². The molecule has 2 aliphatic heterocycles. The molecule has 1 fully saturated rings. The van der Waals surface area contributed by atoms with Crippen molar-refractivity contribution in [1.82, 2.24) is 25.0 Å². The number of aryl methyl sites for hydroxylation is 1. The summed E-state index contributed by atoms with van der Waals surface area (Å²) in [6.07, 6.45) is -2.72. The van der Waals surface area contributed by atoms with Crippen LogP contribution in [0.2, 0.25) is 0 Å². The fraction of sp³-hybridized carbons (Fsp3) is 0.360. The van der Waals surface area contributed by atoms with Crippen LogP contribution in [0.1, 0.15) is 67.7 Å². The Morgan fingerprint density at radius 1 is 1.03 bits per heavy atom. The lowest BCUT2D eigenvalue weighted by molar-refractivity contribution is -0.141. The van der Waals surface area contributed by atoms with E-state index in [0.29, 0.717) is 17.0 Å². The van der Waals surface area contributed by atoms with Gasteiger partial charge in [-0.15, -0.1) is 0 Å². The van der Waals surface area contributed by atoms with Crippen molar-refractivity contribution in [2.24, 2.45) is 0 Å². The molecule has 0 unspecified atom stereocenters. The van der Waals surface area contributed by atoms with Crippen molar-refractivity contribution in [3.05, 3.63) is 81.7 Å². The van der Waals surface area contributed by atoms with Crippen molar-refractivity contribution in [3.8, 4) is 0 Å². The predicted octanol–water partition coefficient (Wildman–Crippen LogP) is 4.45. The molecule has 11 heteroatoms. The molecule has 2 aliphatic rings. The molecule has 0 bridgehead atoms. The largest absolute Gasteiger partial charge is 0.419 e. The molecule has 1 N–H and O–H groups in total. The number of H-pyrrole nitrogens is 1. The first-order valence-corrected chi connectivity index (χ1v) is 11.6. The van der Waals surface area contributed by atoms with Gasteiger partial charge in [0, 0.05) is 24.8 Å². The van der Waals surface area contributed by atoms with Crippen molar-refractivity contribution in [2.45, 2.75) is 44.9 Å². The molecule has 0 aliphatic carbocycles. The number of aromatic nitrogens is 3. The van der Waals surface area contributed by atoms with Crippen LogP contribution in [0.5, 0.6) is 0 Å². The van der Waals surface area contributed by atoms with Gasteiger partial charge < -0.3 is 9.80 Å². The molecule has 5 rings (SSSR count). The van der Waals surface area contributed by atoms with Crippen LogP contribution in [0.4, 0.5) is 17.6 Å². The maximum absolute atomic E-state index is 14.4. The molecule has 4 heterocycles. The third-order valence-corrected chi connectivity index (χ3v) is 6.90. The minimum absolute atomic E-state index is 0.0540. The number of likely N-dealkylation sites (tertiary alicyclic amines) is 1. The lowest BCUT2D eigenvalue weighted by atomic mass is 9.85. The monoisotopic (exact) mass is 501 g/mol. The molecular formula is C25H23F4N5O2. The summed E-state index contributed by atoms with van der Waals surface area (Å²) in [6, 6.07) is 7.76. The van der Waals surface area contributed by atoms with Crippen LogP contribution in [0, 0.1) is 12.7 Å². The summed E-state index contributed by atoms with van der Waals surface area (Å²) in [5.41, 5.74) is 0.473. The number of carbonyl (C=O) groups is 2. The number of carbonyl (C=O) groups excluding carboxylic acids is 2. The summed E-state index contributed by atoms with van der Waals surface area (Å²) in [5, 5.41) is 6.99. The Hall–Kier alpha value is -3.76. The zero-order valence-electron chi connectivity index (χ0n) is 19.4. The highest BCUT2D eigenvalue weighted by atomic mass is 19.4. The molecule has 0 radical (unpaired) electrons. The van der Waals surface area contributed by atoms with E-state index in [1.807, 2.05) is 0 Å². The van der Waals surface area contributed by atoms with Crippen LogP contribution < -0.4 is 0 Å². The molecule has 2 aromatic heterocycles. The number of rotatable bonds is 3. The molecule has 3 aromatic rings. The standard InChI is InChI=1S/C25H23F4N5O2/c1-14-5-6-16(20(21(14)26)25(27,28)29)15-7-10-33(11-8-15)24(36)22-17-12-34(13-19(17)31-32-22)23(35)18-4-2-3-9-30-18/h2-6,9,15H,7-8,10-13H2,1H3,(H,31,32). The van der Waals surface area contributed by atoms with E-state index in [4.69, 9.17) is 0 Å². The molecule has 188 valence electrons. The number of pyridine rings is 1. The van der Waals surface area contributed by atoms with Gasteiger partial charge in [-0.25, -0.2) is 4.39 Å². The van der Waals surface area contributed by atoms with Crippen molar-refractivity contribution < 1.29 is 27.2 Å². The quantitative estimate of drug-likeness (QED) is 0.538. The maximum atomic E-state index is 14.4. The predicted molar refractivity (Wildman–Crippen MR) is 120 cm³/mol. The van der Waals surface area contributed by atoms with E-state index >= 15 is 0 Å². The third kappa shape index (κ3) is 4.22.